The lowest BCUT2D eigenvalue weighted by Gasteiger charge is -2.03. The Bertz CT molecular complexity index is 139. The maximum absolute atomic E-state index is 10.4. The van der Waals surface area contributed by atoms with Gasteiger partial charge in [-0.3, -0.25) is 4.79 Å². The molecule has 0 unspecified atom stereocenters. The lowest BCUT2D eigenvalue weighted by molar-refractivity contribution is -0.112. The maximum Gasteiger partial charge on any atom is 0.168 e. The van der Waals surface area contributed by atoms with E-state index in [1.165, 1.54) is 17.8 Å². The van der Waals surface area contributed by atoms with Gasteiger partial charge < -0.3 is 5.11 Å². The van der Waals surface area contributed by atoms with Crippen LogP contribution in [0.5, 0.6) is 0 Å². The first-order valence-electron chi connectivity index (χ1n) is 2.29. The topological polar surface area (TPSA) is 37.3 Å². The molecule has 0 saturated carbocycles. The molecule has 3 heteroatoms. The van der Waals surface area contributed by atoms with Crippen molar-refractivity contribution >= 4 is 17.5 Å². The zero-order chi connectivity index (χ0) is 5.98. The van der Waals surface area contributed by atoms with Crippen LogP contribution in [0.2, 0.25) is 0 Å². The summed E-state index contributed by atoms with van der Waals surface area (Å²) in [6, 6.07) is 0. The molecule has 0 aromatic heterocycles. The van der Waals surface area contributed by atoms with Gasteiger partial charge in [0.25, 0.3) is 0 Å². The molecule has 2 nitrogen and oxygen atoms in total. The number of rotatable bonds is 0. The smallest absolute Gasteiger partial charge is 0.168 e. The zero-order valence-electron chi connectivity index (χ0n) is 4.26. The number of aliphatic hydroxyl groups excluding tert-OH is 1. The van der Waals surface area contributed by atoms with Crippen LogP contribution in [-0.2, 0) is 4.79 Å². The monoisotopic (exact) mass is 130 g/mol. The molecule has 0 atom stereocenters. The molecule has 1 aliphatic heterocycles. The molecular weight excluding hydrogens is 124 g/mol. The van der Waals surface area contributed by atoms with Crippen molar-refractivity contribution in [1.82, 2.24) is 0 Å². The highest BCUT2D eigenvalue weighted by Gasteiger charge is 2.07. The molecule has 1 rings (SSSR count). The summed E-state index contributed by atoms with van der Waals surface area (Å²) >= 11 is 1.44. The van der Waals surface area contributed by atoms with Gasteiger partial charge in [-0.25, -0.2) is 0 Å². The summed E-state index contributed by atoms with van der Waals surface area (Å²) in [6.07, 6.45) is 1.29. The van der Waals surface area contributed by atoms with E-state index in [2.05, 4.69) is 0 Å². The molecular formula is C5H6O2S. The van der Waals surface area contributed by atoms with E-state index in [-0.39, 0.29) is 11.5 Å². The van der Waals surface area contributed by atoms with Crippen molar-refractivity contribution in [2.24, 2.45) is 0 Å². The van der Waals surface area contributed by atoms with Gasteiger partial charge in [0.2, 0.25) is 0 Å². The van der Waals surface area contributed by atoms with Gasteiger partial charge in [0, 0.05) is 6.08 Å². The van der Waals surface area contributed by atoms with Crippen molar-refractivity contribution in [3.05, 3.63) is 11.8 Å². The second kappa shape index (κ2) is 2.22. The van der Waals surface area contributed by atoms with Gasteiger partial charge in [0.05, 0.1) is 11.5 Å². The molecule has 0 bridgehead atoms. The van der Waals surface area contributed by atoms with Crippen LogP contribution in [0, 0.1) is 0 Å². The van der Waals surface area contributed by atoms with Gasteiger partial charge in [-0.05, 0) is 0 Å². The van der Waals surface area contributed by atoms with Gasteiger partial charge in [-0.1, -0.05) is 0 Å². The van der Waals surface area contributed by atoms with Crippen LogP contribution in [0.4, 0.5) is 0 Å². The third-order valence-corrected chi connectivity index (χ3v) is 1.81. The third-order valence-electron chi connectivity index (χ3n) is 0.822. The molecule has 0 aliphatic carbocycles. The van der Waals surface area contributed by atoms with Crippen molar-refractivity contribution in [3.63, 3.8) is 0 Å². The fraction of sp³-hybridized carbons (Fsp3) is 0.400. The number of aliphatic hydroxyl groups is 1. The second-order valence-electron chi connectivity index (χ2n) is 1.59. The molecule has 1 heterocycles. The molecule has 0 radical (unpaired) electrons. The number of thioether (sulfide) groups is 1. The lowest BCUT2D eigenvalue weighted by Crippen LogP contribution is -2.06. The van der Waals surface area contributed by atoms with Crippen LogP contribution in [-0.4, -0.2) is 22.4 Å². The van der Waals surface area contributed by atoms with Crippen molar-refractivity contribution in [2.45, 2.75) is 0 Å². The predicted molar refractivity (Wildman–Crippen MR) is 33.0 cm³/mol. The summed E-state index contributed by atoms with van der Waals surface area (Å²) in [5.41, 5.74) is 0. The number of allylic oxidation sites excluding steroid dienone is 1. The molecule has 1 aliphatic rings. The summed E-state index contributed by atoms with van der Waals surface area (Å²) < 4.78 is 0. The Kier molecular flexibility index (Phi) is 1.58. The van der Waals surface area contributed by atoms with Crippen LogP contribution in [0.1, 0.15) is 0 Å². The highest BCUT2D eigenvalue weighted by atomic mass is 32.2. The standard InChI is InChI=1S/C5H6O2S/c6-4-1-5(7)3-8-2-4/h1,6H,2-3H2. The third kappa shape index (κ3) is 1.26. The summed E-state index contributed by atoms with van der Waals surface area (Å²) in [5.74, 6) is 1.32. The summed E-state index contributed by atoms with van der Waals surface area (Å²) in [6.45, 7) is 0. The SMILES string of the molecule is O=C1C=C(O)CSC1. The van der Waals surface area contributed by atoms with Crippen LogP contribution in [0.15, 0.2) is 11.8 Å². The molecule has 0 spiro atoms. The summed E-state index contributed by atoms with van der Waals surface area (Å²) in [4.78, 5) is 10.4. The highest BCUT2D eigenvalue weighted by Crippen LogP contribution is 2.11. The average molecular weight is 130 g/mol. The molecule has 1 N–H and O–H groups in total. The number of carbonyl (C=O) groups is 1. The van der Waals surface area contributed by atoms with Crippen LogP contribution < -0.4 is 0 Å². The molecule has 0 aromatic rings. The Balaban J connectivity index is 2.64. The van der Waals surface area contributed by atoms with Gasteiger partial charge in [0.15, 0.2) is 5.78 Å². The van der Waals surface area contributed by atoms with Crippen molar-refractivity contribution in [1.29, 1.82) is 0 Å². The van der Waals surface area contributed by atoms with Gasteiger partial charge in [-0.2, -0.15) is 0 Å². The van der Waals surface area contributed by atoms with Crippen LogP contribution in [0.25, 0.3) is 0 Å². The lowest BCUT2D eigenvalue weighted by atomic mass is 10.4. The quantitative estimate of drug-likeness (QED) is 0.525. The second-order valence-corrected chi connectivity index (χ2v) is 2.58. The molecule has 0 aromatic carbocycles. The summed E-state index contributed by atoms with van der Waals surface area (Å²) in [7, 11) is 0. The maximum atomic E-state index is 10.4. The Labute approximate surface area is 51.6 Å². The largest absolute Gasteiger partial charge is 0.511 e. The molecule has 44 valence electrons. The van der Waals surface area contributed by atoms with Gasteiger partial charge in [-0.15, -0.1) is 11.8 Å². The van der Waals surface area contributed by atoms with E-state index in [4.69, 9.17) is 5.11 Å². The minimum absolute atomic E-state index is 0.0127. The Morgan fingerprint density at radius 3 is 2.75 bits per heavy atom. The predicted octanol–water partition coefficient (Wildman–Crippen LogP) is 0.744. The van der Waals surface area contributed by atoms with Gasteiger partial charge in [0.1, 0.15) is 5.76 Å². The molecule has 0 saturated heterocycles. The minimum atomic E-state index is 0.0127. The summed E-state index contributed by atoms with van der Waals surface area (Å²) in [5, 5.41) is 8.70. The molecule has 0 fully saturated rings. The van der Waals surface area contributed by atoms with E-state index < -0.39 is 0 Å². The Morgan fingerprint density at radius 2 is 2.38 bits per heavy atom. The van der Waals surface area contributed by atoms with E-state index in [1.807, 2.05) is 0 Å². The van der Waals surface area contributed by atoms with Crippen molar-refractivity contribution in [3.8, 4) is 0 Å². The van der Waals surface area contributed by atoms with Crippen molar-refractivity contribution < 1.29 is 9.90 Å². The Morgan fingerprint density at radius 1 is 1.62 bits per heavy atom. The number of hydrogen-bond acceptors (Lipinski definition) is 3. The van der Waals surface area contributed by atoms with Gasteiger partial charge >= 0.3 is 0 Å². The molecule has 8 heavy (non-hydrogen) atoms. The van der Waals surface area contributed by atoms with E-state index >= 15 is 0 Å². The highest BCUT2D eigenvalue weighted by molar-refractivity contribution is 8.00. The van der Waals surface area contributed by atoms with Crippen molar-refractivity contribution in [2.75, 3.05) is 11.5 Å². The van der Waals surface area contributed by atoms with E-state index in [9.17, 15) is 4.79 Å². The minimum Gasteiger partial charge on any atom is -0.511 e. The van der Waals surface area contributed by atoms with E-state index in [0.717, 1.165) is 0 Å². The van der Waals surface area contributed by atoms with Crippen LogP contribution in [0.3, 0.4) is 0 Å². The molecule has 0 amide bonds. The first-order valence-corrected chi connectivity index (χ1v) is 3.44. The normalized spacial score (nSPS) is 20.5. The number of ketones is 1. The first-order chi connectivity index (χ1) is 3.79. The first kappa shape index (κ1) is 5.69. The average Bonchev–Trinajstić information content (AvgIpc) is 1.64. The van der Waals surface area contributed by atoms with E-state index in [1.54, 1.807) is 0 Å². The number of carbonyl (C=O) groups excluding carboxylic acids is 1. The number of hydrogen-bond donors (Lipinski definition) is 1. The van der Waals surface area contributed by atoms with Crippen LogP contribution >= 0.6 is 11.8 Å². The fourth-order valence-electron chi connectivity index (χ4n) is 0.525. The van der Waals surface area contributed by atoms with E-state index in [0.29, 0.717) is 11.5 Å². The zero-order valence-corrected chi connectivity index (χ0v) is 5.07. The fourth-order valence-corrected chi connectivity index (χ4v) is 1.20. The Hall–Kier alpha value is -0.440.